The van der Waals surface area contributed by atoms with E-state index in [0.29, 0.717) is 44.9 Å². The Hall–Kier alpha value is -4.27. The number of esters is 1. The van der Waals surface area contributed by atoms with E-state index >= 15 is 0 Å². The van der Waals surface area contributed by atoms with Gasteiger partial charge in [0.1, 0.15) is 43.2 Å². The quantitative estimate of drug-likeness (QED) is 0.0608. The fourth-order valence-corrected chi connectivity index (χ4v) is 18.0. The lowest BCUT2D eigenvalue weighted by atomic mass is 9.33. The van der Waals surface area contributed by atoms with Crippen molar-refractivity contribution in [2.24, 2.45) is 50.2 Å². The molecule has 8 aliphatic rings. The van der Waals surface area contributed by atoms with Gasteiger partial charge in [-0.2, -0.15) is 0 Å². The molecular weight excluding hydrogens is 1040 g/mol. The van der Waals surface area contributed by atoms with Crippen molar-refractivity contribution in [2.45, 2.75) is 227 Å². The van der Waals surface area contributed by atoms with Gasteiger partial charge in [-0.3, -0.25) is 4.79 Å². The van der Waals surface area contributed by atoms with Crippen molar-refractivity contribution in [2.75, 3.05) is 6.61 Å². The largest absolute Gasteiger partial charge is 0.460 e. The van der Waals surface area contributed by atoms with Gasteiger partial charge in [0.2, 0.25) is 0 Å². The summed E-state index contributed by atoms with van der Waals surface area (Å²) >= 11 is 0. The molecule has 0 amide bonds. The Morgan fingerprint density at radius 1 is 0.566 bits per heavy atom. The first kappa shape index (κ1) is 59.1. The molecule has 5 aliphatic carbocycles. The predicted octanol–water partition coefficient (Wildman–Crippen LogP) is 14.7. The van der Waals surface area contributed by atoms with E-state index in [1.54, 1.807) is 5.57 Å². The van der Waals surface area contributed by atoms with E-state index in [-0.39, 0.29) is 51.2 Å². The summed E-state index contributed by atoms with van der Waals surface area (Å²) < 4.78 is 69.5. The van der Waals surface area contributed by atoms with E-state index in [4.69, 9.17) is 47.4 Å². The second kappa shape index (κ2) is 23.1. The molecule has 0 unspecified atom stereocenters. The van der Waals surface area contributed by atoms with E-state index in [1.165, 1.54) is 0 Å². The molecule has 3 saturated heterocycles. The van der Waals surface area contributed by atoms with Gasteiger partial charge in [0.05, 0.1) is 44.1 Å². The molecule has 11 heteroatoms. The molecule has 4 aromatic carbocycles. The van der Waals surface area contributed by atoms with Crippen LogP contribution in [0.4, 0.5) is 0 Å². The molecule has 0 spiro atoms. The van der Waals surface area contributed by atoms with Crippen molar-refractivity contribution in [1.82, 2.24) is 0 Å². The summed E-state index contributed by atoms with van der Waals surface area (Å²) in [6.45, 7) is 25.2. The lowest BCUT2D eigenvalue weighted by Crippen LogP contribution is -2.66. The molecule has 448 valence electrons. The summed E-state index contributed by atoms with van der Waals surface area (Å²) in [5.74, 6) is 0.185. The predicted molar refractivity (Wildman–Crippen MR) is 318 cm³/mol. The molecule has 4 aromatic rings. The van der Waals surface area contributed by atoms with Crippen molar-refractivity contribution < 1.29 is 52.2 Å². The molecule has 3 heterocycles. The fraction of sp³-hybridized carbons (Fsp3) is 0.625. The van der Waals surface area contributed by atoms with Gasteiger partial charge in [-0.15, -0.1) is 0 Å². The number of hydrogen-bond donors (Lipinski definition) is 0. The Kier molecular flexibility index (Phi) is 16.4. The van der Waals surface area contributed by atoms with Crippen molar-refractivity contribution in [3.8, 4) is 0 Å². The average Bonchev–Trinajstić information content (AvgIpc) is 1.78. The summed E-state index contributed by atoms with van der Waals surface area (Å²) in [6, 6.07) is 40.8. The van der Waals surface area contributed by atoms with E-state index < -0.39 is 60.4 Å². The van der Waals surface area contributed by atoms with Crippen LogP contribution in [0.2, 0.25) is 0 Å². The van der Waals surface area contributed by atoms with Crippen LogP contribution in [0.1, 0.15) is 156 Å². The van der Waals surface area contributed by atoms with Crippen molar-refractivity contribution >= 4 is 5.97 Å². The maximum absolute atomic E-state index is 14.7. The van der Waals surface area contributed by atoms with E-state index in [9.17, 15) is 4.79 Å². The van der Waals surface area contributed by atoms with Crippen LogP contribution in [0.25, 0.3) is 0 Å². The summed E-state index contributed by atoms with van der Waals surface area (Å²) in [5.41, 5.74) is 5.24. The Morgan fingerprint density at radius 3 is 1.75 bits per heavy atom. The molecule has 4 saturated carbocycles. The van der Waals surface area contributed by atoms with Crippen molar-refractivity contribution in [3.05, 3.63) is 155 Å². The van der Waals surface area contributed by atoms with E-state index in [1.807, 2.05) is 93.6 Å². The third-order valence-corrected chi connectivity index (χ3v) is 22.6. The first-order chi connectivity index (χ1) is 39.7. The van der Waals surface area contributed by atoms with Crippen molar-refractivity contribution in [1.29, 1.82) is 0 Å². The van der Waals surface area contributed by atoms with Gasteiger partial charge in [-0.05, 0) is 152 Å². The fourth-order valence-electron chi connectivity index (χ4n) is 18.0. The minimum Gasteiger partial charge on any atom is -0.460 e. The topological polar surface area (TPSA) is 109 Å². The molecule has 83 heavy (non-hydrogen) atoms. The number of allylic oxidation sites excluding steroid dienone is 2. The van der Waals surface area contributed by atoms with Gasteiger partial charge < -0.3 is 47.4 Å². The minimum absolute atomic E-state index is 0.0144. The van der Waals surface area contributed by atoms with Crippen LogP contribution >= 0.6 is 0 Å². The molecule has 0 bridgehead atoms. The first-order valence-corrected chi connectivity index (χ1v) is 31.5. The number of hydrogen-bond acceptors (Lipinski definition) is 11. The highest BCUT2D eigenvalue weighted by Gasteiger charge is 2.70. The third kappa shape index (κ3) is 11.2. The van der Waals surface area contributed by atoms with Gasteiger partial charge in [0.15, 0.2) is 18.4 Å². The van der Waals surface area contributed by atoms with Gasteiger partial charge >= 0.3 is 5.97 Å². The molecule has 0 radical (unpaired) electrons. The zero-order valence-electron chi connectivity index (χ0n) is 51.2. The van der Waals surface area contributed by atoms with Crippen LogP contribution in [0.3, 0.4) is 0 Å². The average molecular weight is 1140 g/mol. The first-order valence-electron chi connectivity index (χ1n) is 31.5. The smallest absolute Gasteiger partial charge is 0.313 e. The summed E-state index contributed by atoms with van der Waals surface area (Å²) in [7, 11) is 0. The standard InChI is InChI=1S/C72H94O11/c1-47-58(74-42-48-23-15-11-16-24-48)60(75-43-49-25-17-12-18-26-49)61(76-44-50-27-19-13-20-28-50)64(79-47)81-62-59-54(82-68(6,7)83-59)46-77-63(62)80-57-34-35-69(8)55(67(57,4)5)33-36-71(10)56(69)32-31-52-53-41-66(2,3)37-39-72(53,40-38-70(52,71)9)65(73)78-45-51-29-21-14-22-30-51/h11-31,47,53-64H,32-46H2,1-10H3/t47-,53-,54-,55-,56+,57-,58-,59-,60+,61+,62+,63-,64+,69-,70+,71+,72-/m0/s1. The van der Waals surface area contributed by atoms with Crippen molar-refractivity contribution in [3.63, 3.8) is 0 Å². The number of ether oxygens (including phenoxy) is 10. The van der Waals surface area contributed by atoms with Gasteiger partial charge in [-0.1, -0.05) is 181 Å². The Balaban J connectivity index is 0.813. The SMILES string of the molecule is C[C@@H]1O[C@H](O[C@H]2[C@H](O[C@H]3CC[C@]4(C)[C@H]5CC=C6[C@@H]7CC(C)(C)CC[C@]7(C(=O)OCc7ccccc7)CC[C@@]6(C)[C@]5(C)CC[C@H]4C3(C)C)OC[C@@H]3OC(C)(C)O[C@H]23)[C@H](OCc2ccccc2)[C@H](OCc2ccccc2)[C@H]1OCc1ccccc1. The van der Waals surface area contributed by atoms with E-state index in [0.717, 1.165) is 86.5 Å². The van der Waals surface area contributed by atoms with Gasteiger partial charge in [-0.25, -0.2) is 0 Å². The second-order valence-electron chi connectivity index (χ2n) is 28.9. The molecule has 12 rings (SSSR count). The highest BCUT2D eigenvalue weighted by atomic mass is 16.8. The van der Waals surface area contributed by atoms with E-state index in [2.05, 4.69) is 103 Å². The maximum Gasteiger partial charge on any atom is 0.313 e. The lowest BCUT2D eigenvalue weighted by Gasteiger charge is -2.71. The highest BCUT2D eigenvalue weighted by molar-refractivity contribution is 5.79. The van der Waals surface area contributed by atoms with Crippen LogP contribution in [-0.2, 0) is 78.6 Å². The number of rotatable bonds is 16. The monoisotopic (exact) mass is 1130 g/mol. The zero-order chi connectivity index (χ0) is 58.0. The molecule has 0 N–H and O–H groups in total. The maximum atomic E-state index is 14.7. The van der Waals surface area contributed by atoms with Gasteiger partial charge in [0.25, 0.3) is 0 Å². The summed E-state index contributed by atoms with van der Waals surface area (Å²) in [5, 5.41) is 0. The van der Waals surface area contributed by atoms with Gasteiger partial charge in [0, 0.05) is 0 Å². The number of benzene rings is 4. The normalized spacial score (nSPS) is 39.4. The number of fused-ring (bicyclic) bond motifs is 8. The third-order valence-electron chi connectivity index (χ3n) is 22.6. The molecular formula is C72H94O11. The summed E-state index contributed by atoms with van der Waals surface area (Å²) in [4.78, 5) is 14.7. The Morgan fingerprint density at radius 2 is 1.13 bits per heavy atom. The summed E-state index contributed by atoms with van der Waals surface area (Å²) in [6.07, 6.45) is 6.90. The van der Waals surface area contributed by atoms with Crippen LogP contribution in [0.5, 0.6) is 0 Å². The molecule has 3 aliphatic heterocycles. The second-order valence-corrected chi connectivity index (χ2v) is 28.9. The Bertz CT molecular complexity index is 2880. The zero-order valence-corrected chi connectivity index (χ0v) is 51.2. The van der Waals surface area contributed by atoms with Crippen LogP contribution in [0, 0.1) is 50.2 Å². The number of carbonyl (C=O) groups is 1. The minimum atomic E-state index is -0.925. The molecule has 0 aromatic heterocycles. The highest BCUT2D eigenvalue weighted by Crippen LogP contribution is 2.76. The molecule has 7 fully saturated rings. The lowest BCUT2D eigenvalue weighted by molar-refractivity contribution is -0.368. The van der Waals surface area contributed by atoms with Crippen LogP contribution < -0.4 is 0 Å². The Labute approximate surface area is 495 Å². The molecule has 17 atom stereocenters. The van der Waals surface area contributed by atoms with Crippen LogP contribution in [-0.4, -0.2) is 79.8 Å². The number of carbonyl (C=O) groups excluding carboxylic acids is 1. The van der Waals surface area contributed by atoms with Crippen LogP contribution in [0.15, 0.2) is 133 Å². The molecule has 11 nitrogen and oxygen atoms in total.